The van der Waals surface area contributed by atoms with Crippen molar-refractivity contribution in [3.8, 4) is 0 Å². The maximum Gasteiger partial charge on any atom is 0.308 e. The second-order valence-electron chi connectivity index (χ2n) is 5.28. The third-order valence-electron chi connectivity index (χ3n) is 3.92. The van der Waals surface area contributed by atoms with Gasteiger partial charge in [-0.25, -0.2) is 9.67 Å². The van der Waals surface area contributed by atoms with Gasteiger partial charge in [0, 0.05) is 6.20 Å². The molecular formula is C14H17ClN4O2. The van der Waals surface area contributed by atoms with Crippen LogP contribution in [-0.4, -0.2) is 32.3 Å². The van der Waals surface area contributed by atoms with Gasteiger partial charge in [-0.05, 0) is 37.8 Å². The van der Waals surface area contributed by atoms with E-state index >= 15 is 0 Å². The Labute approximate surface area is 127 Å². The number of hydrogen-bond acceptors (Lipinski definition) is 5. The molecule has 0 saturated heterocycles. The molecule has 1 saturated carbocycles. The zero-order chi connectivity index (χ0) is 14.8. The van der Waals surface area contributed by atoms with Crippen LogP contribution in [0.3, 0.4) is 0 Å². The van der Waals surface area contributed by atoms with Gasteiger partial charge in [0.25, 0.3) is 0 Å². The van der Waals surface area contributed by atoms with Gasteiger partial charge in [-0.1, -0.05) is 6.42 Å². The van der Waals surface area contributed by atoms with Crippen molar-refractivity contribution in [3.63, 3.8) is 0 Å². The summed E-state index contributed by atoms with van der Waals surface area (Å²) in [5.74, 6) is -0.161. The molecule has 1 aliphatic carbocycles. The van der Waals surface area contributed by atoms with Crippen LogP contribution in [0, 0.1) is 5.92 Å². The Bertz CT molecular complexity index is 657. The van der Waals surface area contributed by atoms with Gasteiger partial charge in [0.2, 0.25) is 5.28 Å². The number of carbonyl (C=O) groups excluding carboxylic acids is 1. The van der Waals surface area contributed by atoms with Crippen molar-refractivity contribution in [1.82, 2.24) is 19.7 Å². The first-order chi connectivity index (χ1) is 10.2. The van der Waals surface area contributed by atoms with Gasteiger partial charge < -0.3 is 4.74 Å². The summed E-state index contributed by atoms with van der Waals surface area (Å²) in [6, 6.07) is 0.150. The molecular weight excluding hydrogens is 292 g/mol. The van der Waals surface area contributed by atoms with E-state index < -0.39 is 0 Å². The number of fused-ring (bicyclic) bond motifs is 1. The molecule has 0 aromatic carbocycles. The maximum absolute atomic E-state index is 11.9. The zero-order valence-corrected chi connectivity index (χ0v) is 12.6. The predicted octanol–water partition coefficient (Wildman–Crippen LogP) is 2.77. The minimum absolute atomic E-state index is 0.0553. The summed E-state index contributed by atoms with van der Waals surface area (Å²) >= 11 is 5.87. The Morgan fingerprint density at radius 3 is 3.14 bits per heavy atom. The molecule has 0 N–H and O–H groups in total. The lowest BCUT2D eigenvalue weighted by molar-refractivity contribution is -0.149. The van der Waals surface area contributed by atoms with Crippen molar-refractivity contribution in [1.29, 1.82) is 0 Å². The smallest absolute Gasteiger partial charge is 0.308 e. The molecule has 0 bridgehead atoms. The molecule has 2 aromatic rings. The summed E-state index contributed by atoms with van der Waals surface area (Å²) in [6.07, 6.45) is 6.98. The third-order valence-corrected chi connectivity index (χ3v) is 4.10. The van der Waals surface area contributed by atoms with E-state index in [2.05, 4.69) is 15.1 Å². The lowest BCUT2D eigenvalue weighted by Crippen LogP contribution is -2.27. The van der Waals surface area contributed by atoms with Crippen LogP contribution in [0.25, 0.3) is 11.0 Å². The van der Waals surface area contributed by atoms with Crippen molar-refractivity contribution in [3.05, 3.63) is 17.7 Å². The highest BCUT2D eigenvalue weighted by atomic mass is 35.5. The Kier molecular flexibility index (Phi) is 4.05. The normalized spacial score (nSPS) is 22.4. The molecule has 2 heterocycles. The van der Waals surface area contributed by atoms with E-state index in [1.807, 2.05) is 11.6 Å². The number of esters is 1. The molecule has 1 fully saturated rings. The monoisotopic (exact) mass is 308 g/mol. The molecule has 1 aliphatic rings. The highest BCUT2D eigenvalue weighted by Gasteiger charge is 2.30. The quantitative estimate of drug-likeness (QED) is 0.644. The van der Waals surface area contributed by atoms with Crippen LogP contribution >= 0.6 is 11.6 Å². The van der Waals surface area contributed by atoms with Gasteiger partial charge in [0.1, 0.15) is 0 Å². The first-order valence-corrected chi connectivity index (χ1v) is 7.59. The van der Waals surface area contributed by atoms with Crippen molar-refractivity contribution >= 4 is 28.6 Å². The summed E-state index contributed by atoms with van der Waals surface area (Å²) < 4.78 is 7.01. The fourth-order valence-corrected chi connectivity index (χ4v) is 3.07. The van der Waals surface area contributed by atoms with Crippen LogP contribution in [0.15, 0.2) is 12.4 Å². The van der Waals surface area contributed by atoms with Crippen LogP contribution in [-0.2, 0) is 9.53 Å². The van der Waals surface area contributed by atoms with Gasteiger partial charge in [0.05, 0.1) is 30.1 Å². The number of hydrogen-bond donors (Lipinski definition) is 0. The Morgan fingerprint density at radius 2 is 2.33 bits per heavy atom. The number of ether oxygens (including phenoxy) is 1. The highest BCUT2D eigenvalue weighted by Crippen LogP contribution is 2.34. The Morgan fingerprint density at radius 1 is 1.48 bits per heavy atom. The Hall–Kier alpha value is -1.69. The zero-order valence-electron chi connectivity index (χ0n) is 11.8. The van der Waals surface area contributed by atoms with Gasteiger partial charge in [-0.2, -0.15) is 10.1 Å². The number of aromatic nitrogens is 4. The molecule has 7 heteroatoms. The van der Waals surface area contributed by atoms with E-state index in [9.17, 15) is 4.79 Å². The van der Waals surface area contributed by atoms with Crippen LogP contribution in [0.5, 0.6) is 0 Å². The highest BCUT2D eigenvalue weighted by molar-refractivity contribution is 6.28. The molecule has 2 unspecified atom stereocenters. The summed E-state index contributed by atoms with van der Waals surface area (Å²) in [5, 5.41) is 5.47. The largest absolute Gasteiger partial charge is 0.466 e. The van der Waals surface area contributed by atoms with E-state index in [1.165, 1.54) is 0 Å². The van der Waals surface area contributed by atoms with Crippen LogP contribution in [0.2, 0.25) is 5.28 Å². The van der Waals surface area contributed by atoms with Gasteiger partial charge in [-0.3, -0.25) is 4.79 Å². The molecule has 0 radical (unpaired) electrons. The first-order valence-electron chi connectivity index (χ1n) is 7.21. The molecule has 21 heavy (non-hydrogen) atoms. The van der Waals surface area contributed by atoms with Crippen molar-refractivity contribution in [2.24, 2.45) is 5.92 Å². The fraction of sp³-hybridized carbons (Fsp3) is 0.571. The topological polar surface area (TPSA) is 69.9 Å². The number of halogens is 1. The minimum atomic E-state index is -0.105. The van der Waals surface area contributed by atoms with Crippen LogP contribution < -0.4 is 0 Å². The SMILES string of the molecule is CCOC(=O)C1CCCC(n2ncc3cnc(Cl)nc32)C1. The molecule has 112 valence electrons. The summed E-state index contributed by atoms with van der Waals surface area (Å²) in [6.45, 7) is 2.26. The summed E-state index contributed by atoms with van der Waals surface area (Å²) in [7, 11) is 0. The molecule has 0 spiro atoms. The number of carbonyl (C=O) groups is 1. The summed E-state index contributed by atoms with van der Waals surface area (Å²) in [5.41, 5.74) is 0.726. The van der Waals surface area contributed by atoms with Crippen molar-refractivity contribution < 1.29 is 9.53 Å². The van der Waals surface area contributed by atoms with Gasteiger partial charge in [-0.15, -0.1) is 0 Å². The molecule has 3 rings (SSSR count). The van der Waals surface area contributed by atoms with Crippen LogP contribution in [0.4, 0.5) is 0 Å². The molecule has 0 aliphatic heterocycles. The molecule has 6 nitrogen and oxygen atoms in total. The fourth-order valence-electron chi connectivity index (χ4n) is 2.94. The van der Waals surface area contributed by atoms with Gasteiger partial charge in [0.15, 0.2) is 5.65 Å². The van der Waals surface area contributed by atoms with E-state index in [1.54, 1.807) is 12.4 Å². The van der Waals surface area contributed by atoms with E-state index in [0.717, 1.165) is 36.7 Å². The molecule has 2 aromatic heterocycles. The number of rotatable bonds is 3. The number of nitrogens with zero attached hydrogens (tertiary/aromatic N) is 4. The third kappa shape index (κ3) is 2.85. The van der Waals surface area contributed by atoms with Crippen molar-refractivity contribution in [2.75, 3.05) is 6.61 Å². The standard InChI is InChI=1S/C14H17ClN4O2/c1-2-21-13(20)9-4-3-5-11(6-9)19-12-10(8-17-19)7-16-14(15)18-12/h7-9,11H,2-6H2,1H3. The van der Waals surface area contributed by atoms with Crippen LogP contribution in [0.1, 0.15) is 38.6 Å². The Balaban J connectivity index is 1.85. The second-order valence-corrected chi connectivity index (χ2v) is 5.61. The van der Waals surface area contributed by atoms with Gasteiger partial charge >= 0.3 is 5.97 Å². The van der Waals surface area contributed by atoms with E-state index in [0.29, 0.717) is 6.61 Å². The maximum atomic E-state index is 11.9. The van der Waals surface area contributed by atoms with Crippen molar-refractivity contribution in [2.45, 2.75) is 38.6 Å². The summed E-state index contributed by atoms with van der Waals surface area (Å²) in [4.78, 5) is 20.1. The lowest BCUT2D eigenvalue weighted by atomic mass is 9.86. The average Bonchev–Trinajstić information content (AvgIpc) is 2.90. The first kappa shape index (κ1) is 14.3. The second kappa shape index (κ2) is 5.97. The van der Waals surface area contributed by atoms with E-state index in [4.69, 9.17) is 16.3 Å². The molecule has 2 atom stereocenters. The average molecular weight is 309 g/mol. The predicted molar refractivity (Wildman–Crippen MR) is 78.0 cm³/mol. The van der Waals surface area contributed by atoms with E-state index in [-0.39, 0.29) is 23.2 Å². The molecule has 0 amide bonds. The minimum Gasteiger partial charge on any atom is -0.466 e. The lowest BCUT2D eigenvalue weighted by Gasteiger charge is -2.28.